The maximum atomic E-state index is 12.7. The van der Waals surface area contributed by atoms with E-state index in [2.05, 4.69) is 5.32 Å². The Bertz CT molecular complexity index is 544. The van der Waals surface area contributed by atoms with Gasteiger partial charge < -0.3 is 10.2 Å². The summed E-state index contributed by atoms with van der Waals surface area (Å²) in [7, 11) is 0. The Morgan fingerprint density at radius 2 is 1.76 bits per heavy atom. The summed E-state index contributed by atoms with van der Waals surface area (Å²) >= 11 is 0. The van der Waals surface area contributed by atoms with Gasteiger partial charge in [0.15, 0.2) is 0 Å². The van der Waals surface area contributed by atoms with E-state index >= 15 is 0 Å². The molecule has 1 N–H and O–H groups in total. The molecule has 1 aromatic rings. The van der Waals surface area contributed by atoms with Gasteiger partial charge in [0.05, 0.1) is 6.67 Å². The third-order valence-corrected chi connectivity index (χ3v) is 4.04. The Hall–Kier alpha value is -1.91. The second-order valence-electron chi connectivity index (χ2n) is 6.02. The highest BCUT2D eigenvalue weighted by Crippen LogP contribution is 2.35. The topological polar surface area (TPSA) is 49.4 Å². The van der Waals surface area contributed by atoms with Gasteiger partial charge >= 0.3 is 0 Å². The fraction of sp³-hybridized carbons (Fsp3) is 0.500. The molecule has 0 aromatic heterocycles. The standard InChI is InChI=1S/C16H21FN2O2/c1-15(2)14(21)19(11-7-10-17)16(3,13(20)18-15)12-8-5-4-6-9-12/h4-6,8-9H,7,10-11H2,1-3H3,(H,18,20). The van der Waals surface area contributed by atoms with Gasteiger partial charge in [0.1, 0.15) is 11.1 Å². The number of nitrogens with zero attached hydrogens (tertiary/aromatic N) is 1. The van der Waals surface area contributed by atoms with Crippen molar-refractivity contribution >= 4 is 11.8 Å². The first kappa shape index (κ1) is 15.5. The zero-order valence-corrected chi connectivity index (χ0v) is 12.6. The number of benzene rings is 1. The molecule has 1 aliphatic rings. The molecule has 2 rings (SSSR count). The minimum Gasteiger partial charge on any atom is -0.340 e. The molecule has 1 saturated heterocycles. The molecule has 114 valence electrons. The SMILES string of the molecule is CC1(C)NC(=O)C(C)(c2ccccc2)N(CCCF)C1=O. The first-order valence-corrected chi connectivity index (χ1v) is 7.10. The van der Waals surface area contributed by atoms with Crippen LogP contribution in [0.25, 0.3) is 0 Å². The van der Waals surface area contributed by atoms with Crippen LogP contribution in [-0.2, 0) is 15.1 Å². The minimum atomic E-state index is -1.11. The molecule has 1 atom stereocenters. The van der Waals surface area contributed by atoms with Crippen LogP contribution in [-0.4, -0.2) is 35.5 Å². The molecule has 2 amide bonds. The molecule has 0 spiro atoms. The molecule has 5 heteroatoms. The van der Waals surface area contributed by atoms with Crippen molar-refractivity contribution in [3.05, 3.63) is 35.9 Å². The first-order chi connectivity index (χ1) is 9.84. The quantitative estimate of drug-likeness (QED) is 0.922. The summed E-state index contributed by atoms with van der Waals surface area (Å²) in [5.74, 6) is -0.431. The van der Waals surface area contributed by atoms with Crippen molar-refractivity contribution in [2.45, 2.75) is 38.3 Å². The van der Waals surface area contributed by atoms with Gasteiger partial charge in [0.25, 0.3) is 5.91 Å². The third kappa shape index (κ3) is 2.52. The summed E-state index contributed by atoms with van der Waals surface area (Å²) < 4.78 is 12.6. The zero-order valence-electron chi connectivity index (χ0n) is 12.6. The molecule has 1 heterocycles. The molecule has 1 unspecified atom stereocenters. The van der Waals surface area contributed by atoms with E-state index in [4.69, 9.17) is 0 Å². The molecule has 0 radical (unpaired) electrons. The number of alkyl halides is 1. The number of rotatable bonds is 4. The van der Waals surface area contributed by atoms with Gasteiger partial charge in [-0.15, -0.1) is 0 Å². The highest BCUT2D eigenvalue weighted by molar-refractivity contribution is 6.02. The number of halogens is 1. The number of hydrogen-bond acceptors (Lipinski definition) is 2. The predicted octanol–water partition coefficient (Wildman–Crippen LogP) is 2.00. The summed E-state index contributed by atoms with van der Waals surface area (Å²) in [6.07, 6.45) is 0.220. The van der Waals surface area contributed by atoms with Gasteiger partial charge in [0, 0.05) is 6.54 Å². The average Bonchev–Trinajstić information content (AvgIpc) is 2.46. The van der Waals surface area contributed by atoms with E-state index in [0.717, 1.165) is 5.56 Å². The summed E-state index contributed by atoms with van der Waals surface area (Å²) in [5, 5.41) is 2.78. The number of carbonyl (C=O) groups is 2. The molecule has 4 nitrogen and oxygen atoms in total. The van der Waals surface area contributed by atoms with Crippen LogP contribution in [0.4, 0.5) is 4.39 Å². The molecule has 0 saturated carbocycles. The molecular weight excluding hydrogens is 271 g/mol. The Kier molecular flexibility index (Phi) is 4.03. The van der Waals surface area contributed by atoms with Crippen LogP contribution in [0.2, 0.25) is 0 Å². The fourth-order valence-electron chi connectivity index (χ4n) is 2.71. The van der Waals surface area contributed by atoms with E-state index in [1.165, 1.54) is 4.90 Å². The number of hydrogen-bond donors (Lipinski definition) is 1. The van der Waals surface area contributed by atoms with Crippen LogP contribution < -0.4 is 5.32 Å². The van der Waals surface area contributed by atoms with Crippen molar-refractivity contribution in [2.24, 2.45) is 0 Å². The first-order valence-electron chi connectivity index (χ1n) is 7.10. The van der Waals surface area contributed by atoms with Gasteiger partial charge in [-0.05, 0) is 32.8 Å². The maximum Gasteiger partial charge on any atom is 0.251 e. The van der Waals surface area contributed by atoms with E-state index in [1.54, 1.807) is 20.8 Å². The van der Waals surface area contributed by atoms with Crippen molar-refractivity contribution < 1.29 is 14.0 Å². The summed E-state index contributed by atoms with van der Waals surface area (Å²) in [4.78, 5) is 26.8. The number of amides is 2. The van der Waals surface area contributed by atoms with Gasteiger partial charge in [-0.1, -0.05) is 30.3 Å². The van der Waals surface area contributed by atoms with Crippen molar-refractivity contribution in [2.75, 3.05) is 13.2 Å². The molecular formula is C16H21FN2O2. The maximum absolute atomic E-state index is 12.7. The lowest BCUT2D eigenvalue weighted by molar-refractivity contribution is -0.161. The van der Waals surface area contributed by atoms with Gasteiger partial charge in [-0.25, -0.2) is 0 Å². The van der Waals surface area contributed by atoms with Gasteiger partial charge in [-0.2, -0.15) is 0 Å². The van der Waals surface area contributed by atoms with Crippen molar-refractivity contribution in [3.63, 3.8) is 0 Å². The highest BCUT2D eigenvalue weighted by atomic mass is 19.1. The lowest BCUT2D eigenvalue weighted by Crippen LogP contribution is -2.71. The fourth-order valence-corrected chi connectivity index (χ4v) is 2.71. The molecule has 0 aliphatic carbocycles. The lowest BCUT2D eigenvalue weighted by atomic mass is 9.82. The largest absolute Gasteiger partial charge is 0.340 e. The molecule has 0 bridgehead atoms. The number of nitrogens with one attached hydrogen (secondary N) is 1. The molecule has 1 aliphatic heterocycles. The Morgan fingerprint density at radius 3 is 2.33 bits per heavy atom. The van der Waals surface area contributed by atoms with Crippen LogP contribution in [0, 0.1) is 0 Å². The average molecular weight is 292 g/mol. The van der Waals surface area contributed by atoms with Crippen LogP contribution in [0.5, 0.6) is 0 Å². The van der Waals surface area contributed by atoms with Crippen molar-refractivity contribution in [1.82, 2.24) is 10.2 Å². The summed E-state index contributed by atoms with van der Waals surface area (Å²) in [6.45, 7) is 4.75. The van der Waals surface area contributed by atoms with E-state index < -0.39 is 17.8 Å². The number of carbonyl (C=O) groups excluding carboxylic acids is 2. The molecule has 1 fully saturated rings. The van der Waals surface area contributed by atoms with E-state index in [0.29, 0.717) is 0 Å². The van der Waals surface area contributed by atoms with Crippen molar-refractivity contribution in [3.8, 4) is 0 Å². The van der Waals surface area contributed by atoms with E-state index in [1.807, 2.05) is 30.3 Å². The van der Waals surface area contributed by atoms with Crippen LogP contribution in [0.1, 0.15) is 32.8 Å². The molecule has 1 aromatic carbocycles. The number of piperazine rings is 1. The van der Waals surface area contributed by atoms with Crippen LogP contribution in [0.15, 0.2) is 30.3 Å². The van der Waals surface area contributed by atoms with Crippen molar-refractivity contribution in [1.29, 1.82) is 0 Å². The van der Waals surface area contributed by atoms with E-state index in [-0.39, 0.29) is 24.8 Å². The van der Waals surface area contributed by atoms with Gasteiger partial charge in [0.2, 0.25) is 5.91 Å². The Balaban J connectivity index is 2.49. The highest BCUT2D eigenvalue weighted by Gasteiger charge is 2.53. The summed E-state index contributed by atoms with van der Waals surface area (Å²) in [6, 6.07) is 9.13. The normalized spacial score (nSPS) is 24.9. The second-order valence-corrected chi connectivity index (χ2v) is 6.02. The smallest absolute Gasteiger partial charge is 0.251 e. The predicted molar refractivity (Wildman–Crippen MR) is 78.3 cm³/mol. The second kappa shape index (κ2) is 5.47. The monoisotopic (exact) mass is 292 g/mol. The van der Waals surface area contributed by atoms with Crippen LogP contribution >= 0.6 is 0 Å². The minimum absolute atomic E-state index is 0.193. The molecule has 21 heavy (non-hydrogen) atoms. The summed E-state index contributed by atoms with van der Waals surface area (Å²) in [5.41, 5.74) is -1.35. The Labute approximate surface area is 124 Å². The van der Waals surface area contributed by atoms with Gasteiger partial charge in [-0.3, -0.25) is 14.0 Å². The van der Waals surface area contributed by atoms with Crippen LogP contribution in [0.3, 0.4) is 0 Å². The Morgan fingerprint density at radius 1 is 1.14 bits per heavy atom. The lowest BCUT2D eigenvalue weighted by Gasteiger charge is -2.49. The zero-order chi connectivity index (χ0) is 15.7. The third-order valence-electron chi connectivity index (χ3n) is 4.04. The van der Waals surface area contributed by atoms with E-state index in [9.17, 15) is 14.0 Å².